The van der Waals surface area contributed by atoms with E-state index < -0.39 is 30.8 Å². The number of hydrogen-bond acceptors (Lipinski definition) is 7. The predicted octanol–water partition coefficient (Wildman–Crippen LogP) is -3.56. The summed E-state index contributed by atoms with van der Waals surface area (Å²) in [6, 6.07) is 0. The second-order valence-corrected chi connectivity index (χ2v) is 2.15. The molecule has 0 bridgehead atoms. The van der Waals surface area contributed by atoms with Crippen LogP contribution in [0.3, 0.4) is 0 Å². The van der Waals surface area contributed by atoms with Crippen molar-refractivity contribution < 1.29 is 25.0 Å². The molecule has 0 spiro atoms. The molecule has 0 aromatic heterocycles. The molecular formula is C5H12N2O5. The Kier molecular flexibility index (Phi) is 4.90. The minimum atomic E-state index is -1.78. The van der Waals surface area contributed by atoms with Gasteiger partial charge in [0.15, 0.2) is 6.23 Å². The van der Waals surface area contributed by atoms with Gasteiger partial charge in [0.2, 0.25) is 5.78 Å². The van der Waals surface area contributed by atoms with Crippen molar-refractivity contribution in [2.75, 3.05) is 6.61 Å². The number of ketones is 1. The van der Waals surface area contributed by atoms with Crippen LogP contribution in [0, 0.1) is 0 Å². The maximum Gasteiger partial charge on any atom is 0.209 e. The number of aliphatic hydroxyl groups excluding tert-OH is 3. The van der Waals surface area contributed by atoms with Crippen LogP contribution in [0.5, 0.6) is 0 Å². The fourth-order valence-corrected chi connectivity index (χ4v) is 0.525. The topological polar surface area (TPSA) is 139 Å². The summed E-state index contributed by atoms with van der Waals surface area (Å²) in [5.41, 5.74) is 4.96. The van der Waals surface area contributed by atoms with Crippen LogP contribution in [0.4, 0.5) is 0 Å². The van der Waals surface area contributed by atoms with Crippen LogP contribution in [0.1, 0.15) is 0 Å². The lowest BCUT2D eigenvalue weighted by molar-refractivity contribution is -0.146. The Morgan fingerprint density at radius 3 is 2.33 bits per heavy atom. The average Bonchev–Trinajstić information content (AvgIpc) is 2.12. The van der Waals surface area contributed by atoms with Crippen molar-refractivity contribution in [3.8, 4) is 0 Å². The second-order valence-electron chi connectivity index (χ2n) is 2.15. The Morgan fingerprint density at radius 2 is 2.00 bits per heavy atom. The van der Waals surface area contributed by atoms with E-state index in [0.29, 0.717) is 0 Å². The molecule has 0 aliphatic heterocycles. The third kappa shape index (κ3) is 2.81. The Hall–Kier alpha value is -0.570. The third-order valence-corrected chi connectivity index (χ3v) is 1.27. The number of Topliss-reactive ketones (excluding diaryl/α,β-unsaturated/α-hetero) is 1. The van der Waals surface area contributed by atoms with Crippen molar-refractivity contribution in [1.82, 2.24) is 0 Å². The van der Waals surface area contributed by atoms with Crippen molar-refractivity contribution in [2.45, 2.75) is 18.4 Å². The first-order valence-electron chi connectivity index (χ1n) is 3.16. The van der Waals surface area contributed by atoms with Crippen LogP contribution >= 0.6 is 0 Å². The summed E-state index contributed by atoms with van der Waals surface area (Å²) >= 11 is 0. The molecular weight excluding hydrogens is 168 g/mol. The lowest BCUT2D eigenvalue weighted by Gasteiger charge is -2.16. The number of carbonyl (C=O) groups excluding carboxylic acids is 1. The molecule has 12 heavy (non-hydrogen) atoms. The summed E-state index contributed by atoms with van der Waals surface area (Å²) < 4.78 is 0. The van der Waals surface area contributed by atoms with Crippen molar-refractivity contribution in [2.24, 2.45) is 11.6 Å². The van der Waals surface area contributed by atoms with Crippen molar-refractivity contribution >= 4 is 5.78 Å². The fraction of sp³-hybridized carbons (Fsp3) is 0.800. The van der Waals surface area contributed by atoms with E-state index in [9.17, 15) is 4.79 Å². The Balaban J connectivity index is 4.09. The lowest BCUT2D eigenvalue weighted by atomic mass is 10.1. The fourth-order valence-electron chi connectivity index (χ4n) is 0.525. The Bertz CT molecular complexity index is 153. The maximum atomic E-state index is 10.8. The molecule has 1 unspecified atom stereocenters. The highest BCUT2D eigenvalue weighted by atomic mass is 16.6. The number of rotatable bonds is 5. The van der Waals surface area contributed by atoms with Crippen LogP contribution in [0.15, 0.2) is 0 Å². The monoisotopic (exact) mass is 180 g/mol. The first kappa shape index (κ1) is 11.4. The van der Waals surface area contributed by atoms with Crippen LogP contribution in [-0.2, 0) is 9.63 Å². The molecule has 0 aliphatic carbocycles. The lowest BCUT2D eigenvalue weighted by Crippen LogP contribution is -2.47. The molecule has 0 rings (SSSR count). The zero-order valence-corrected chi connectivity index (χ0v) is 6.25. The van der Waals surface area contributed by atoms with Gasteiger partial charge in [-0.3, -0.25) is 15.4 Å². The summed E-state index contributed by atoms with van der Waals surface area (Å²) in [6.45, 7) is -0.746. The highest BCUT2D eigenvalue weighted by molar-refractivity contribution is 5.87. The van der Waals surface area contributed by atoms with E-state index in [0.717, 1.165) is 0 Å². The zero-order valence-electron chi connectivity index (χ0n) is 6.25. The highest BCUT2D eigenvalue weighted by Crippen LogP contribution is 1.96. The second kappa shape index (κ2) is 5.14. The van der Waals surface area contributed by atoms with Gasteiger partial charge in [0.1, 0.15) is 12.2 Å². The van der Waals surface area contributed by atoms with E-state index in [1.165, 1.54) is 0 Å². The Morgan fingerprint density at radius 1 is 1.50 bits per heavy atom. The van der Waals surface area contributed by atoms with E-state index in [4.69, 9.17) is 21.1 Å². The van der Waals surface area contributed by atoms with Gasteiger partial charge in [0.05, 0.1) is 6.61 Å². The number of hydrogen-bond donors (Lipinski definition) is 5. The predicted molar refractivity (Wildman–Crippen MR) is 37.4 cm³/mol. The van der Waals surface area contributed by atoms with E-state index in [2.05, 4.69) is 10.7 Å². The number of nitrogens with two attached hydrogens (primary N) is 2. The molecule has 0 saturated heterocycles. The van der Waals surface area contributed by atoms with E-state index in [1.807, 2.05) is 0 Å². The van der Waals surface area contributed by atoms with Gasteiger partial charge in [-0.2, -0.15) is 0 Å². The molecule has 3 atom stereocenters. The molecule has 0 aromatic carbocycles. The SMILES string of the molecule is NOC(N)C(=O)[C@H](O)[C@H](O)CO. The summed E-state index contributed by atoms with van der Waals surface area (Å²) in [6.07, 6.45) is -4.85. The van der Waals surface area contributed by atoms with E-state index in [-0.39, 0.29) is 0 Å². The minimum Gasteiger partial charge on any atom is -0.394 e. The normalized spacial score (nSPS) is 18.4. The summed E-state index contributed by atoms with van der Waals surface area (Å²) in [5, 5.41) is 26.0. The quantitative estimate of drug-likeness (QED) is 0.218. The van der Waals surface area contributed by atoms with E-state index >= 15 is 0 Å². The van der Waals surface area contributed by atoms with Gasteiger partial charge in [0.25, 0.3) is 0 Å². The first-order chi connectivity index (χ1) is 5.54. The molecule has 0 aliphatic rings. The van der Waals surface area contributed by atoms with Gasteiger partial charge in [-0.15, -0.1) is 0 Å². The van der Waals surface area contributed by atoms with Gasteiger partial charge in [-0.05, 0) is 0 Å². The molecule has 7 nitrogen and oxygen atoms in total. The maximum absolute atomic E-state index is 10.8. The molecule has 72 valence electrons. The van der Waals surface area contributed by atoms with Gasteiger partial charge in [-0.25, -0.2) is 5.90 Å². The summed E-state index contributed by atoms with van der Waals surface area (Å²) in [7, 11) is 0. The van der Waals surface area contributed by atoms with Gasteiger partial charge in [0, 0.05) is 0 Å². The molecule has 0 heterocycles. The molecule has 0 saturated carbocycles. The van der Waals surface area contributed by atoms with Gasteiger partial charge >= 0.3 is 0 Å². The third-order valence-electron chi connectivity index (χ3n) is 1.27. The first-order valence-corrected chi connectivity index (χ1v) is 3.16. The molecule has 7 N–H and O–H groups in total. The summed E-state index contributed by atoms with van der Waals surface area (Å²) in [5.74, 6) is 3.56. The van der Waals surface area contributed by atoms with Gasteiger partial charge < -0.3 is 15.3 Å². The molecule has 7 heteroatoms. The number of aliphatic hydroxyl groups is 3. The molecule has 0 radical (unpaired) electrons. The van der Waals surface area contributed by atoms with Crippen molar-refractivity contribution in [3.63, 3.8) is 0 Å². The van der Waals surface area contributed by atoms with Crippen LogP contribution in [0.2, 0.25) is 0 Å². The molecule has 0 fully saturated rings. The summed E-state index contributed by atoms with van der Waals surface area (Å²) in [4.78, 5) is 14.7. The molecule has 0 amide bonds. The molecule has 0 aromatic rings. The van der Waals surface area contributed by atoms with Crippen molar-refractivity contribution in [1.29, 1.82) is 0 Å². The van der Waals surface area contributed by atoms with E-state index in [1.54, 1.807) is 0 Å². The van der Waals surface area contributed by atoms with Gasteiger partial charge in [-0.1, -0.05) is 0 Å². The smallest absolute Gasteiger partial charge is 0.209 e. The standard InChI is InChI=1S/C5H12N2O5/c6-5(12-7)4(11)3(10)2(9)1-8/h2-3,5,8-10H,1,6-7H2/t2-,3-,5?/m1/s1. The van der Waals surface area contributed by atoms with Crippen LogP contribution in [-0.4, -0.2) is 46.1 Å². The largest absolute Gasteiger partial charge is 0.394 e. The zero-order chi connectivity index (χ0) is 9.72. The van der Waals surface area contributed by atoms with Crippen molar-refractivity contribution in [3.05, 3.63) is 0 Å². The number of carbonyl (C=O) groups is 1. The Labute approximate surface area is 68.5 Å². The average molecular weight is 180 g/mol. The minimum absolute atomic E-state index is 0.746. The van der Waals surface area contributed by atoms with Crippen LogP contribution < -0.4 is 11.6 Å². The highest BCUT2D eigenvalue weighted by Gasteiger charge is 2.28. The van der Waals surface area contributed by atoms with Crippen LogP contribution in [0.25, 0.3) is 0 Å².